The van der Waals surface area contributed by atoms with E-state index in [4.69, 9.17) is 11.6 Å². The van der Waals surface area contributed by atoms with Crippen molar-refractivity contribution in [1.82, 2.24) is 0 Å². The minimum Gasteiger partial charge on any atom is -0.478 e. The maximum Gasteiger partial charge on any atom is 0.335 e. The fourth-order valence-electron chi connectivity index (χ4n) is 4.47. The van der Waals surface area contributed by atoms with Crippen LogP contribution in [-0.2, 0) is 9.59 Å². The first-order valence-corrected chi connectivity index (χ1v) is 10.2. The van der Waals surface area contributed by atoms with Crippen molar-refractivity contribution in [2.45, 2.75) is 39.0 Å². The number of nitrogens with zero attached hydrogens (tertiary/aromatic N) is 1. The Morgan fingerprint density at radius 2 is 1.80 bits per heavy atom. The smallest absolute Gasteiger partial charge is 0.335 e. The van der Waals surface area contributed by atoms with E-state index in [2.05, 4.69) is 0 Å². The van der Waals surface area contributed by atoms with E-state index in [1.165, 1.54) is 12.1 Å². The lowest BCUT2D eigenvalue weighted by molar-refractivity contribution is -0.121. The van der Waals surface area contributed by atoms with Gasteiger partial charge in [-0.25, -0.2) is 4.79 Å². The van der Waals surface area contributed by atoms with Crippen LogP contribution in [0.3, 0.4) is 0 Å². The minimum atomic E-state index is -1.06. The molecule has 2 aromatic rings. The predicted molar refractivity (Wildman–Crippen MR) is 115 cm³/mol. The number of ketones is 1. The third-order valence-electron chi connectivity index (χ3n) is 5.77. The normalized spacial score (nSPS) is 20.9. The monoisotopic (exact) mass is 423 g/mol. The molecule has 6 heteroatoms. The number of hydrogen-bond donors (Lipinski definition) is 1. The first-order valence-electron chi connectivity index (χ1n) is 9.84. The van der Waals surface area contributed by atoms with Crippen molar-refractivity contribution in [1.29, 1.82) is 0 Å². The van der Waals surface area contributed by atoms with Gasteiger partial charge in [0, 0.05) is 40.7 Å². The molecule has 0 bridgehead atoms. The van der Waals surface area contributed by atoms with Gasteiger partial charge >= 0.3 is 5.97 Å². The molecule has 4 rings (SSSR count). The number of anilines is 1. The topological polar surface area (TPSA) is 74.7 Å². The van der Waals surface area contributed by atoms with E-state index >= 15 is 0 Å². The summed E-state index contributed by atoms with van der Waals surface area (Å²) in [6.07, 6.45) is 1.11. The Morgan fingerprint density at radius 3 is 2.47 bits per heavy atom. The van der Waals surface area contributed by atoms with Gasteiger partial charge in [0.15, 0.2) is 5.78 Å². The quantitative estimate of drug-likeness (QED) is 0.736. The molecule has 0 spiro atoms. The van der Waals surface area contributed by atoms with Crippen LogP contribution in [0.4, 0.5) is 5.69 Å². The van der Waals surface area contributed by atoms with Crippen molar-refractivity contribution >= 4 is 34.9 Å². The van der Waals surface area contributed by atoms with Crippen molar-refractivity contribution < 1.29 is 19.5 Å². The first-order chi connectivity index (χ1) is 14.2. The number of allylic oxidation sites excluding steroid dienone is 2. The van der Waals surface area contributed by atoms with Crippen LogP contribution in [0.2, 0.25) is 5.02 Å². The molecule has 2 aromatic carbocycles. The van der Waals surface area contributed by atoms with E-state index in [9.17, 15) is 19.5 Å². The van der Waals surface area contributed by atoms with Gasteiger partial charge in [0.1, 0.15) is 0 Å². The lowest BCUT2D eigenvalue weighted by Crippen LogP contribution is -2.43. The molecular formula is C24H22ClNO4. The number of carbonyl (C=O) groups excluding carboxylic acids is 2. The molecule has 1 unspecified atom stereocenters. The van der Waals surface area contributed by atoms with Crippen molar-refractivity contribution in [3.05, 3.63) is 76.0 Å². The third-order valence-corrected chi connectivity index (χ3v) is 6.02. The van der Waals surface area contributed by atoms with E-state index in [0.717, 1.165) is 5.56 Å². The molecule has 1 N–H and O–H groups in total. The molecule has 1 aliphatic heterocycles. The van der Waals surface area contributed by atoms with Gasteiger partial charge in [0.05, 0.1) is 5.56 Å². The number of hydrogen-bond acceptors (Lipinski definition) is 3. The van der Waals surface area contributed by atoms with Gasteiger partial charge in [-0.15, -0.1) is 0 Å². The number of aromatic carboxylic acids is 1. The Hall–Kier alpha value is -2.92. The predicted octanol–water partition coefficient (Wildman–Crippen LogP) is 5.20. The Balaban J connectivity index is 1.89. The van der Waals surface area contributed by atoms with Gasteiger partial charge in [-0.3, -0.25) is 14.5 Å². The molecule has 5 nitrogen and oxygen atoms in total. The largest absolute Gasteiger partial charge is 0.478 e. The Bertz CT molecular complexity index is 1080. The average Bonchev–Trinajstić information content (AvgIpc) is 2.67. The third kappa shape index (κ3) is 3.65. The van der Waals surface area contributed by atoms with Gasteiger partial charge in [0.2, 0.25) is 5.91 Å². The molecule has 0 aromatic heterocycles. The number of benzene rings is 2. The number of rotatable bonds is 3. The van der Waals surface area contributed by atoms with Gasteiger partial charge in [-0.2, -0.15) is 0 Å². The minimum absolute atomic E-state index is 0.0353. The Morgan fingerprint density at radius 1 is 1.10 bits per heavy atom. The second kappa shape index (κ2) is 7.40. The van der Waals surface area contributed by atoms with Gasteiger partial charge in [-0.1, -0.05) is 43.6 Å². The van der Waals surface area contributed by atoms with Crippen LogP contribution in [0, 0.1) is 5.41 Å². The van der Waals surface area contributed by atoms with Gasteiger partial charge in [-0.05, 0) is 47.7 Å². The van der Waals surface area contributed by atoms with Crippen molar-refractivity contribution in [2.24, 2.45) is 5.41 Å². The molecule has 154 valence electrons. The number of carbonyl (C=O) groups is 3. The van der Waals surface area contributed by atoms with Crippen LogP contribution < -0.4 is 4.90 Å². The van der Waals surface area contributed by atoms with Crippen LogP contribution >= 0.6 is 11.6 Å². The Kier molecular flexibility index (Phi) is 5.02. The summed E-state index contributed by atoms with van der Waals surface area (Å²) < 4.78 is 0. The highest BCUT2D eigenvalue weighted by Crippen LogP contribution is 2.48. The van der Waals surface area contributed by atoms with Crippen molar-refractivity contribution in [3.63, 3.8) is 0 Å². The number of Topliss-reactive ketones (excluding diaryl/α,β-unsaturated/α-hetero) is 1. The highest BCUT2D eigenvalue weighted by molar-refractivity contribution is 6.30. The lowest BCUT2D eigenvalue weighted by Gasteiger charge is -2.43. The van der Waals surface area contributed by atoms with Crippen molar-refractivity contribution in [3.8, 4) is 0 Å². The highest BCUT2D eigenvalue weighted by atomic mass is 35.5. The second-order valence-electron chi connectivity index (χ2n) is 8.69. The SMILES string of the molecule is CC1(C)CC(=O)C2=C(C1)N(c1cccc(C(=O)O)c1)C(=O)CC2c1ccc(Cl)cc1. The number of carboxylic acids is 1. The van der Waals surface area contributed by atoms with E-state index in [-0.39, 0.29) is 35.0 Å². The molecule has 1 amide bonds. The van der Waals surface area contributed by atoms with Crippen LogP contribution in [0.25, 0.3) is 0 Å². The molecule has 0 saturated carbocycles. The zero-order valence-corrected chi connectivity index (χ0v) is 17.6. The van der Waals surface area contributed by atoms with Crippen LogP contribution in [-0.4, -0.2) is 22.8 Å². The fraction of sp³-hybridized carbons (Fsp3) is 0.292. The first kappa shape index (κ1) is 20.4. The summed E-state index contributed by atoms with van der Waals surface area (Å²) in [7, 11) is 0. The summed E-state index contributed by atoms with van der Waals surface area (Å²) >= 11 is 6.02. The lowest BCUT2D eigenvalue weighted by atomic mass is 9.69. The highest BCUT2D eigenvalue weighted by Gasteiger charge is 2.44. The van der Waals surface area contributed by atoms with Gasteiger partial charge < -0.3 is 5.11 Å². The number of carboxylic acid groups (broad SMARTS) is 1. The molecule has 0 saturated heterocycles. The zero-order valence-electron chi connectivity index (χ0n) is 16.8. The maximum atomic E-state index is 13.3. The number of halogens is 1. The van der Waals surface area contributed by atoms with E-state index in [0.29, 0.717) is 34.8 Å². The standard InChI is InChI=1S/C24H22ClNO4/c1-24(2)12-19-22(20(27)13-24)18(14-6-8-16(25)9-7-14)11-21(28)26(19)17-5-3-4-15(10-17)23(29)30/h3-10,18H,11-13H2,1-2H3,(H,29,30). The molecule has 1 aliphatic carbocycles. The van der Waals surface area contributed by atoms with Crippen LogP contribution in [0.15, 0.2) is 59.8 Å². The molecule has 0 radical (unpaired) electrons. The zero-order chi connectivity index (χ0) is 21.6. The van der Waals surface area contributed by atoms with E-state index in [1.807, 2.05) is 26.0 Å². The van der Waals surface area contributed by atoms with Gasteiger partial charge in [0.25, 0.3) is 0 Å². The van der Waals surface area contributed by atoms with Crippen LogP contribution in [0.5, 0.6) is 0 Å². The van der Waals surface area contributed by atoms with E-state index < -0.39 is 5.97 Å². The second-order valence-corrected chi connectivity index (χ2v) is 9.13. The molecule has 1 heterocycles. The summed E-state index contributed by atoms with van der Waals surface area (Å²) in [6, 6.07) is 13.6. The van der Waals surface area contributed by atoms with Crippen molar-refractivity contribution in [2.75, 3.05) is 4.90 Å². The molecule has 0 fully saturated rings. The van der Waals surface area contributed by atoms with Crippen LogP contribution in [0.1, 0.15) is 54.9 Å². The summed E-state index contributed by atoms with van der Waals surface area (Å²) in [5, 5.41) is 9.96. The molecule has 1 atom stereocenters. The molecule has 2 aliphatic rings. The maximum absolute atomic E-state index is 13.3. The molecular weight excluding hydrogens is 402 g/mol. The fourth-order valence-corrected chi connectivity index (χ4v) is 4.60. The van der Waals surface area contributed by atoms with E-state index in [1.54, 1.807) is 29.2 Å². The Labute approximate surface area is 180 Å². The molecule has 30 heavy (non-hydrogen) atoms. The summed E-state index contributed by atoms with van der Waals surface area (Å²) in [5.74, 6) is -1.50. The summed E-state index contributed by atoms with van der Waals surface area (Å²) in [5.41, 5.74) is 2.50. The summed E-state index contributed by atoms with van der Waals surface area (Å²) in [4.78, 5) is 39.5. The number of amides is 1. The average molecular weight is 424 g/mol. The summed E-state index contributed by atoms with van der Waals surface area (Å²) in [6.45, 7) is 4.02.